The Bertz CT molecular complexity index is 1010. The number of aromatic nitrogens is 2. The number of likely N-dealkylation sites (N-methyl/N-ethyl adjacent to an activating group) is 1. The highest BCUT2D eigenvalue weighted by atomic mass is 16.5. The largest absolute Gasteiger partial charge is 0.381 e. The maximum Gasteiger partial charge on any atom is 0.245 e. The van der Waals surface area contributed by atoms with Gasteiger partial charge in [-0.2, -0.15) is 0 Å². The third-order valence-electron chi connectivity index (χ3n) is 7.82. The number of rotatable bonds is 5. The van der Waals surface area contributed by atoms with Gasteiger partial charge in [-0.3, -0.25) is 4.79 Å². The highest BCUT2D eigenvalue weighted by Gasteiger charge is 2.39. The van der Waals surface area contributed by atoms with Crippen LogP contribution in [0.1, 0.15) is 43.9 Å². The normalized spacial score (nSPS) is 25.4. The van der Waals surface area contributed by atoms with Crippen LogP contribution in [-0.4, -0.2) is 83.7 Å². The van der Waals surface area contributed by atoms with Crippen LogP contribution in [0, 0.1) is 0 Å². The van der Waals surface area contributed by atoms with E-state index in [1.54, 1.807) is 0 Å². The molecule has 2 aromatic rings. The van der Waals surface area contributed by atoms with Crippen LogP contribution < -0.4 is 10.2 Å². The quantitative estimate of drug-likeness (QED) is 0.708. The molecular weight excluding hydrogens is 440 g/mol. The Balaban J connectivity index is 1.34. The molecular formula is C27H38N6O2. The van der Waals surface area contributed by atoms with Crippen molar-refractivity contribution in [1.29, 1.82) is 0 Å². The van der Waals surface area contributed by atoms with Crippen molar-refractivity contribution in [2.75, 3.05) is 44.1 Å². The number of fused-ring (bicyclic) bond motifs is 1. The van der Waals surface area contributed by atoms with Gasteiger partial charge in [0.2, 0.25) is 11.9 Å². The number of nitrogens with one attached hydrogen (secondary N) is 1. The van der Waals surface area contributed by atoms with Crippen molar-refractivity contribution in [1.82, 2.24) is 19.8 Å². The van der Waals surface area contributed by atoms with Crippen molar-refractivity contribution in [3.63, 3.8) is 0 Å². The fourth-order valence-corrected chi connectivity index (χ4v) is 5.61. The van der Waals surface area contributed by atoms with E-state index in [2.05, 4.69) is 65.4 Å². The highest BCUT2D eigenvalue weighted by molar-refractivity contribution is 5.86. The maximum atomic E-state index is 14.0. The molecule has 1 amide bonds. The van der Waals surface area contributed by atoms with Crippen LogP contribution in [-0.2, 0) is 22.5 Å². The predicted molar refractivity (Wildman–Crippen MR) is 137 cm³/mol. The molecule has 4 heterocycles. The maximum absolute atomic E-state index is 14.0. The third kappa shape index (κ3) is 5.28. The van der Waals surface area contributed by atoms with E-state index in [1.165, 1.54) is 0 Å². The summed E-state index contributed by atoms with van der Waals surface area (Å²) in [5.74, 6) is 0.872. The van der Waals surface area contributed by atoms with Crippen molar-refractivity contribution in [2.24, 2.45) is 0 Å². The second-order valence-corrected chi connectivity index (χ2v) is 10.4. The molecule has 1 N–H and O–H groups in total. The van der Waals surface area contributed by atoms with E-state index < -0.39 is 0 Å². The van der Waals surface area contributed by atoms with E-state index in [1.807, 2.05) is 17.2 Å². The molecule has 2 saturated heterocycles. The summed E-state index contributed by atoms with van der Waals surface area (Å²) in [4.78, 5) is 30.1. The number of amides is 1. The fourth-order valence-electron chi connectivity index (χ4n) is 5.61. The molecule has 0 radical (unpaired) electrons. The zero-order valence-electron chi connectivity index (χ0n) is 21.2. The molecule has 3 atom stereocenters. The van der Waals surface area contributed by atoms with Crippen LogP contribution in [0.15, 0.2) is 36.5 Å². The van der Waals surface area contributed by atoms with Gasteiger partial charge >= 0.3 is 0 Å². The molecule has 8 nitrogen and oxygen atoms in total. The van der Waals surface area contributed by atoms with Crippen LogP contribution in [0.3, 0.4) is 0 Å². The molecule has 0 spiro atoms. The lowest BCUT2D eigenvalue weighted by atomic mass is 9.93. The number of hydrogen-bond donors (Lipinski definition) is 1. The summed E-state index contributed by atoms with van der Waals surface area (Å²) < 4.78 is 5.47. The van der Waals surface area contributed by atoms with E-state index in [4.69, 9.17) is 9.72 Å². The summed E-state index contributed by atoms with van der Waals surface area (Å²) in [5, 5.41) is 3.48. The van der Waals surface area contributed by atoms with Gasteiger partial charge < -0.3 is 24.8 Å². The SMILES string of the molecule is C[C@@H]1Cc2cnc(NC3CCOCC3)nc2CN1C(=O)[C@@H]1CC[C@H](N(C)C)CN1c1ccccc1. The second kappa shape index (κ2) is 10.5. The summed E-state index contributed by atoms with van der Waals surface area (Å²) in [6.07, 6.45) is 6.54. The Morgan fingerprint density at radius 3 is 2.63 bits per heavy atom. The minimum absolute atomic E-state index is 0.122. The van der Waals surface area contributed by atoms with Crippen molar-refractivity contribution in [3.05, 3.63) is 47.8 Å². The van der Waals surface area contributed by atoms with Gasteiger partial charge in [-0.25, -0.2) is 9.97 Å². The van der Waals surface area contributed by atoms with Gasteiger partial charge in [0, 0.05) is 49.8 Å². The average molecular weight is 479 g/mol. The first kappa shape index (κ1) is 24.0. The lowest BCUT2D eigenvalue weighted by Gasteiger charge is -2.45. The summed E-state index contributed by atoms with van der Waals surface area (Å²) in [7, 11) is 4.26. The monoisotopic (exact) mass is 478 g/mol. The number of piperidine rings is 1. The Hall–Kier alpha value is -2.71. The van der Waals surface area contributed by atoms with Crippen LogP contribution in [0.2, 0.25) is 0 Å². The summed E-state index contributed by atoms with van der Waals surface area (Å²) in [5.41, 5.74) is 3.23. The van der Waals surface area contributed by atoms with Gasteiger partial charge in [-0.1, -0.05) is 18.2 Å². The molecule has 1 aromatic heterocycles. The van der Waals surface area contributed by atoms with Crippen LogP contribution in [0.4, 0.5) is 11.6 Å². The zero-order chi connectivity index (χ0) is 24.4. The average Bonchev–Trinajstić information content (AvgIpc) is 2.89. The summed E-state index contributed by atoms with van der Waals surface area (Å²) in [6, 6.07) is 11.1. The number of nitrogens with zero attached hydrogens (tertiary/aromatic N) is 5. The predicted octanol–water partition coefficient (Wildman–Crippen LogP) is 2.94. The van der Waals surface area contributed by atoms with E-state index in [0.717, 1.165) is 68.8 Å². The Kier molecular flexibility index (Phi) is 7.20. The number of ether oxygens (including phenoxy) is 1. The van der Waals surface area contributed by atoms with E-state index in [9.17, 15) is 4.79 Å². The van der Waals surface area contributed by atoms with Crippen molar-refractivity contribution < 1.29 is 9.53 Å². The van der Waals surface area contributed by atoms with Gasteiger partial charge in [-0.15, -0.1) is 0 Å². The fraction of sp³-hybridized carbons (Fsp3) is 0.593. The second-order valence-electron chi connectivity index (χ2n) is 10.4. The number of carbonyl (C=O) groups excluding carboxylic acids is 1. The van der Waals surface area contributed by atoms with Gasteiger partial charge in [0.25, 0.3) is 0 Å². The third-order valence-corrected chi connectivity index (χ3v) is 7.82. The van der Waals surface area contributed by atoms with E-state index >= 15 is 0 Å². The lowest BCUT2D eigenvalue weighted by Crippen LogP contribution is -2.58. The first-order chi connectivity index (χ1) is 17.0. The molecule has 8 heteroatoms. The molecule has 0 aliphatic carbocycles. The molecule has 3 aliphatic heterocycles. The first-order valence-corrected chi connectivity index (χ1v) is 13.0. The van der Waals surface area contributed by atoms with Gasteiger partial charge in [0.15, 0.2) is 0 Å². The standard InChI is InChI=1S/C27H38N6O2/c1-19-15-20-16-28-27(29-21-11-13-35-14-12-21)30-24(20)18-32(19)26(34)25-10-9-23(31(2)3)17-33(25)22-7-5-4-6-8-22/h4-8,16,19,21,23,25H,9-15,17-18H2,1-3H3,(H,28,29,30)/t19-,23+,25+/m1/s1. The summed E-state index contributed by atoms with van der Waals surface area (Å²) >= 11 is 0. The number of anilines is 2. The minimum atomic E-state index is -0.153. The Morgan fingerprint density at radius 2 is 1.89 bits per heavy atom. The van der Waals surface area contributed by atoms with Crippen LogP contribution in [0.5, 0.6) is 0 Å². The van der Waals surface area contributed by atoms with Crippen molar-refractivity contribution in [3.8, 4) is 0 Å². The lowest BCUT2D eigenvalue weighted by molar-refractivity contribution is -0.136. The smallest absolute Gasteiger partial charge is 0.245 e. The van der Waals surface area contributed by atoms with Crippen LogP contribution in [0.25, 0.3) is 0 Å². The van der Waals surface area contributed by atoms with Gasteiger partial charge in [0.1, 0.15) is 6.04 Å². The number of hydrogen-bond acceptors (Lipinski definition) is 7. The topological polar surface area (TPSA) is 73.8 Å². The first-order valence-electron chi connectivity index (χ1n) is 13.0. The van der Waals surface area contributed by atoms with Gasteiger partial charge in [0.05, 0.1) is 12.2 Å². The molecule has 188 valence electrons. The Labute approximate surface area is 208 Å². The molecule has 0 saturated carbocycles. The van der Waals surface area contributed by atoms with Gasteiger partial charge in [-0.05, 0) is 70.8 Å². The molecule has 0 unspecified atom stereocenters. The van der Waals surface area contributed by atoms with Crippen LogP contribution >= 0.6 is 0 Å². The number of carbonyl (C=O) groups is 1. The number of benzene rings is 1. The molecule has 5 rings (SSSR count). The molecule has 1 aromatic carbocycles. The highest BCUT2D eigenvalue weighted by Crippen LogP contribution is 2.30. The van der Waals surface area contributed by atoms with Crippen molar-refractivity contribution >= 4 is 17.5 Å². The Morgan fingerprint density at radius 1 is 1.11 bits per heavy atom. The molecule has 3 aliphatic rings. The summed E-state index contributed by atoms with van der Waals surface area (Å²) in [6.45, 7) is 5.09. The van der Waals surface area contributed by atoms with E-state index in [0.29, 0.717) is 24.6 Å². The van der Waals surface area contributed by atoms with E-state index in [-0.39, 0.29) is 18.0 Å². The molecule has 2 fully saturated rings. The number of para-hydroxylation sites is 1. The zero-order valence-corrected chi connectivity index (χ0v) is 21.2. The molecule has 35 heavy (non-hydrogen) atoms. The van der Waals surface area contributed by atoms with Crippen molar-refractivity contribution in [2.45, 2.75) is 69.7 Å². The molecule has 0 bridgehead atoms. The minimum Gasteiger partial charge on any atom is -0.381 e.